The zero-order valence-corrected chi connectivity index (χ0v) is 12.0. The second kappa shape index (κ2) is 6.28. The molecule has 5 heteroatoms. The first-order chi connectivity index (χ1) is 10.0. The molecular formula is C16H17N3O2. The summed E-state index contributed by atoms with van der Waals surface area (Å²) in [5.41, 5.74) is 3.92. The van der Waals surface area contributed by atoms with E-state index in [4.69, 9.17) is 5.84 Å². The minimum Gasteiger partial charge on any atom is -0.290 e. The highest BCUT2D eigenvalue weighted by molar-refractivity contribution is 6.13. The van der Waals surface area contributed by atoms with Crippen molar-refractivity contribution in [3.8, 4) is 0 Å². The summed E-state index contributed by atoms with van der Waals surface area (Å²) in [6.45, 7) is 4.17. The van der Waals surface area contributed by atoms with Gasteiger partial charge in [0.25, 0.3) is 5.91 Å². The van der Waals surface area contributed by atoms with Crippen molar-refractivity contribution >= 4 is 11.7 Å². The maximum Gasteiger partial charge on any atom is 0.267 e. The molecule has 3 N–H and O–H groups in total. The number of nitrogens with zero attached hydrogens (tertiary/aromatic N) is 1. The van der Waals surface area contributed by atoms with Gasteiger partial charge in [-0.1, -0.05) is 38.1 Å². The van der Waals surface area contributed by atoms with Gasteiger partial charge in [-0.2, -0.15) is 0 Å². The number of carbonyl (C=O) groups is 2. The number of carbonyl (C=O) groups excluding carboxylic acids is 2. The molecule has 0 aliphatic heterocycles. The van der Waals surface area contributed by atoms with Gasteiger partial charge in [-0.3, -0.25) is 20.0 Å². The Labute approximate surface area is 123 Å². The van der Waals surface area contributed by atoms with Gasteiger partial charge in [0, 0.05) is 11.8 Å². The molecule has 1 aromatic heterocycles. The number of hydrogen-bond donors (Lipinski definition) is 2. The largest absolute Gasteiger partial charge is 0.290 e. The summed E-state index contributed by atoms with van der Waals surface area (Å²) in [5.74, 6) is 4.68. The van der Waals surface area contributed by atoms with Gasteiger partial charge in [0.15, 0.2) is 0 Å². The van der Waals surface area contributed by atoms with E-state index >= 15 is 0 Å². The number of nitrogens with two attached hydrogens (primary N) is 1. The van der Waals surface area contributed by atoms with Crippen molar-refractivity contribution in [1.82, 2.24) is 10.4 Å². The van der Waals surface area contributed by atoms with Gasteiger partial charge in [0.05, 0.1) is 5.56 Å². The SMILES string of the molecule is CC(C)c1ccc(C(=O)c2ncccc2C(=O)NN)cc1. The van der Waals surface area contributed by atoms with Crippen LogP contribution in [-0.4, -0.2) is 16.7 Å². The number of amides is 1. The molecule has 0 unspecified atom stereocenters. The lowest BCUT2D eigenvalue weighted by Crippen LogP contribution is -2.31. The van der Waals surface area contributed by atoms with Crippen molar-refractivity contribution in [3.63, 3.8) is 0 Å². The van der Waals surface area contributed by atoms with Crippen LogP contribution in [0.2, 0.25) is 0 Å². The number of aromatic nitrogens is 1. The Balaban J connectivity index is 2.38. The van der Waals surface area contributed by atoms with Gasteiger partial charge < -0.3 is 0 Å². The average Bonchev–Trinajstić information content (AvgIpc) is 2.53. The molecule has 0 saturated carbocycles. The fourth-order valence-corrected chi connectivity index (χ4v) is 2.00. The second-order valence-electron chi connectivity index (χ2n) is 4.98. The maximum absolute atomic E-state index is 12.5. The van der Waals surface area contributed by atoms with Crippen molar-refractivity contribution in [2.24, 2.45) is 5.84 Å². The van der Waals surface area contributed by atoms with Crippen LogP contribution in [-0.2, 0) is 0 Å². The molecule has 2 aromatic rings. The molecule has 0 radical (unpaired) electrons. The first-order valence-corrected chi connectivity index (χ1v) is 6.65. The second-order valence-corrected chi connectivity index (χ2v) is 4.98. The average molecular weight is 283 g/mol. The van der Waals surface area contributed by atoms with Crippen molar-refractivity contribution < 1.29 is 9.59 Å². The minimum atomic E-state index is -0.537. The van der Waals surface area contributed by atoms with Crippen LogP contribution in [0.3, 0.4) is 0 Å². The summed E-state index contributed by atoms with van der Waals surface area (Å²) >= 11 is 0. The third-order valence-electron chi connectivity index (χ3n) is 3.24. The van der Waals surface area contributed by atoms with Gasteiger partial charge in [-0.05, 0) is 23.6 Å². The topological polar surface area (TPSA) is 85.1 Å². The zero-order valence-electron chi connectivity index (χ0n) is 12.0. The molecule has 5 nitrogen and oxygen atoms in total. The molecule has 0 bridgehead atoms. The predicted molar refractivity (Wildman–Crippen MR) is 79.9 cm³/mol. The lowest BCUT2D eigenvalue weighted by molar-refractivity contribution is 0.0940. The summed E-state index contributed by atoms with van der Waals surface area (Å²) in [6.07, 6.45) is 1.48. The third-order valence-corrected chi connectivity index (χ3v) is 3.24. The highest BCUT2D eigenvalue weighted by Crippen LogP contribution is 2.17. The van der Waals surface area contributed by atoms with Crippen LogP contribution in [0.25, 0.3) is 0 Å². The number of pyridine rings is 1. The summed E-state index contributed by atoms with van der Waals surface area (Å²) in [5, 5.41) is 0. The van der Waals surface area contributed by atoms with Crippen molar-refractivity contribution in [2.45, 2.75) is 19.8 Å². The summed E-state index contributed by atoms with van der Waals surface area (Å²) in [6, 6.07) is 10.4. The van der Waals surface area contributed by atoms with Crippen LogP contribution < -0.4 is 11.3 Å². The Morgan fingerprint density at radius 3 is 2.38 bits per heavy atom. The van der Waals surface area contributed by atoms with Crippen LogP contribution >= 0.6 is 0 Å². The molecular weight excluding hydrogens is 266 g/mol. The van der Waals surface area contributed by atoms with E-state index in [-0.39, 0.29) is 17.0 Å². The van der Waals surface area contributed by atoms with Crippen molar-refractivity contribution in [2.75, 3.05) is 0 Å². The molecule has 0 atom stereocenters. The number of nitrogen functional groups attached to an aromatic ring is 1. The van der Waals surface area contributed by atoms with Crippen LogP contribution in [0, 0.1) is 0 Å². The van der Waals surface area contributed by atoms with E-state index < -0.39 is 5.91 Å². The molecule has 1 heterocycles. The highest BCUT2D eigenvalue weighted by atomic mass is 16.2. The Hall–Kier alpha value is -2.53. The summed E-state index contributed by atoms with van der Waals surface area (Å²) in [4.78, 5) is 28.2. The Bertz CT molecular complexity index is 663. The molecule has 1 aromatic carbocycles. The first kappa shape index (κ1) is 14.9. The van der Waals surface area contributed by atoms with E-state index in [9.17, 15) is 9.59 Å². The molecule has 0 saturated heterocycles. The summed E-state index contributed by atoms with van der Waals surface area (Å²) < 4.78 is 0. The fourth-order valence-electron chi connectivity index (χ4n) is 2.00. The van der Waals surface area contributed by atoms with Gasteiger partial charge in [-0.25, -0.2) is 5.84 Å². The minimum absolute atomic E-state index is 0.0951. The van der Waals surface area contributed by atoms with Crippen LogP contribution in [0.4, 0.5) is 0 Å². The molecule has 1 amide bonds. The molecule has 2 rings (SSSR count). The zero-order chi connectivity index (χ0) is 15.4. The lowest BCUT2D eigenvalue weighted by Gasteiger charge is -2.08. The van der Waals surface area contributed by atoms with E-state index in [2.05, 4.69) is 18.8 Å². The van der Waals surface area contributed by atoms with Crippen molar-refractivity contribution in [3.05, 3.63) is 65.0 Å². The molecule has 0 fully saturated rings. The monoisotopic (exact) mass is 283 g/mol. The van der Waals surface area contributed by atoms with E-state index in [1.54, 1.807) is 18.2 Å². The number of hydrogen-bond acceptors (Lipinski definition) is 4. The molecule has 108 valence electrons. The van der Waals surface area contributed by atoms with Crippen LogP contribution in [0.5, 0.6) is 0 Å². The van der Waals surface area contributed by atoms with Gasteiger partial charge in [-0.15, -0.1) is 0 Å². The first-order valence-electron chi connectivity index (χ1n) is 6.65. The summed E-state index contributed by atoms with van der Waals surface area (Å²) in [7, 11) is 0. The quantitative estimate of drug-likeness (QED) is 0.389. The van der Waals surface area contributed by atoms with Crippen molar-refractivity contribution in [1.29, 1.82) is 0 Å². The normalized spacial score (nSPS) is 10.5. The Morgan fingerprint density at radius 2 is 1.81 bits per heavy atom. The highest BCUT2D eigenvalue weighted by Gasteiger charge is 2.19. The van der Waals surface area contributed by atoms with E-state index in [1.807, 2.05) is 17.6 Å². The molecule has 21 heavy (non-hydrogen) atoms. The number of hydrazine groups is 1. The fraction of sp³-hybridized carbons (Fsp3) is 0.188. The number of nitrogens with one attached hydrogen (secondary N) is 1. The number of rotatable bonds is 4. The molecule has 0 aliphatic rings. The number of benzene rings is 1. The lowest BCUT2D eigenvalue weighted by atomic mass is 9.98. The number of ketones is 1. The van der Waals surface area contributed by atoms with E-state index in [0.29, 0.717) is 11.5 Å². The third kappa shape index (κ3) is 3.14. The maximum atomic E-state index is 12.5. The predicted octanol–water partition coefficient (Wildman–Crippen LogP) is 2.04. The smallest absolute Gasteiger partial charge is 0.267 e. The van der Waals surface area contributed by atoms with Gasteiger partial charge in [0.2, 0.25) is 5.78 Å². The molecule has 0 spiro atoms. The molecule has 0 aliphatic carbocycles. The van der Waals surface area contributed by atoms with E-state index in [1.165, 1.54) is 12.3 Å². The Kier molecular flexibility index (Phi) is 4.45. The van der Waals surface area contributed by atoms with Crippen LogP contribution in [0.1, 0.15) is 51.7 Å². The van der Waals surface area contributed by atoms with Crippen LogP contribution in [0.15, 0.2) is 42.6 Å². The Morgan fingerprint density at radius 1 is 1.14 bits per heavy atom. The van der Waals surface area contributed by atoms with Gasteiger partial charge >= 0.3 is 0 Å². The van der Waals surface area contributed by atoms with E-state index in [0.717, 1.165) is 5.56 Å². The van der Waals surface area contributed by atoms with Gasteiger partial charge in [0.1, 0.15) is 5.69 Å². The standard InChI is InChI=1S/C16H17N3O2/c1-10(2)11-5-7-12(8-6-11)15(20)14-13(16(21)19-17)4-3-9-18-14/h3-10H,17H2,1-2H3,(H,19,21).